The maximum Gasteiger partial charge on any atom is 0.240 e. The van der Waals surface area contributed by atoms with Crippen molar-refractivity contribution in [2.45, 2.75) is 44.7 Å². The lowest BCUT2D eigenvalue weighted by Gasteiger charge is -2.37. The first-order valence-corrected chi connectivity index (χ1v) is 5.20. The molecule has 0 bridgehead atoms. The Labute approximate surface area is 84.9 Å². The minimum atomic E-state index is -0.664. The topological polar surface area (TPSA) is 75.3 Å². The highest BCUT2D eigenvalue weighted by atomic mass is 16.3. The van der Waals surface area contributed by atoms with Gasteiger partial charge < -0.3 is 16.2 Å². The zero-order valence-electron chi connectivity index (χ0n) is 8.92. The Bertz CT molecular complexity index is 212. The SMILES string of the molecule is CC(C)[C@@H](CO)NC(=O)C1(N)CCC1. The van der Waals surface area contributed by atoms with E-state index in [2.05, 4.69) is 5.32 Å². The summed E-state index contributed by atoms with van der Waals surface area (Å²) in [6.07, 6.45) is 2.54. The second-order valence-electron chi connectivity index (χ2n) is 4.52. The zero-order chi connectivity index (χ0) is 10.8. The Balaban J connectivity index is 2.46. The van der Waals surface area contributed by atoms with E-state index in [1.807, 2.05) is 13.8 Å². The van der Waals surface area contributed by atoms with Crippen molar-refractivity contribution in [2.24, 2.45) is 11.7 Å². The van der Waals surface area contributed by atoms with Crippen LogP contribution in [0.5, 0.6) is 0 Å². The van der Waals surface area contributed by atoms with Crippen LogP contribution in [-0.2, 0) is 4.79 Å². The van der Waals surface area contributed by atoms with Gasteiger partial charge in [-0.15, -0.1) is 0 Å². The van der Waals surface area contributed by atoms with E-state index in [0.717, 1.165) is 19.3 Å². The molecule has 4 heteroatoms. The molecule has 0 saturated heterocycles. The van der Waals surface area contributed by atoms with Gasteiger partial charge in [0.25, 0.3) is 0 Å². The second-order valence-corrected chi connectivity index (χ2v) is 4.52. The molecule has 1 aliphatic rings. The first kappa shape index (κ1) is 11.5. The number of carbonyl (C=O) groups is 1. The van der Waals surface area contributed by atoms with Crippen molar-refractivity contribution in [1.29, 1.82) is 0 Å². The molecule has 1 atom stereocenters. The summed E-state index contributed by atoms with van der Waals surface area (Å²) in [7, 11) is 0. The normalized spacial score (nSPS) is 21.5. The molecule has 0 heterocycles. The summed E-state index contributed by atoms with van der Waals surface area (Å²) in [5, 5.41) is 11.8. The molecule has 82 valence electrons. The van der Waals surface area contributed by atoms with E-state index in [9.17, 15) is 4.79 Å². The number of hydrogen-bond acceptors (Lipinski definition) is 3. The van der Waals surface area contributed by atoms with E-state index < -0.39 is 5.54 Å². The molecular formula is C10H20N2O2. The van der Waals surface area contributed by atoms with Gasteiger partial charge in [0.1, 0.15) is 0 Å². The minimum absolute atomic E-state index is 0.0283. The van der Waals surface area contributed by atoms with Gasteiger partial charge in [0.2, 0.25) is 5.91 Å². The average molecular weight is 200 g/mol. The quantitative estimate of drug-likeness (QED) is 0.598. The number of aliphatic hydroxyl groups excluding tert-OH is 1. The van der Waals surface area contributed by atoms with E-state index in [4.69, 9.17) is 10.8 Å². The molecule has 0 spiro atoms. The summed E-state index contributed by atoms with van der Waals surface area (Å²) in [5.41, 5.74) is 5.19. The average Bonchev–Trinajstić information content (AvgIpc) is 2.09. The largest absolute Gasteiger partial charge is 0.394 e. The standard InChI is InChI=1S/C10H20N2O2/c1-7(2)8(6-13)12-9(14)10(11)4-3-5-10/h7-8,13H,3-6,11H2,1-2H3,(H,12,14)/t8-/m1/s1. The van der Waals surface area contributed by atoms with Gasteiger partial charge in [-0.25, -0.2) is 0 Å². The maximum atomic E-state index is 11.7. The Hall–Kier alpha value is -0.610. The molecule has 1 amide bonds. The highest BCUT2D eigenvalue weighted by molar-refractivity contribution is 5.87. The van der Waals surface area contributed by atoms with Crippen molar-refractivity contribution in [3.05, 3.63) is 0 Å². The van der Waals surface area contributed by atoms with Gasteiger partial charge in [-0.05, 0) is 25.2 Å². The summed E-state index contributed by atoms with van der Waals surface area (Å²) in [6.45, 7) is 3.90. The Morgan fingerprint density at radius 1 is 1.57 bits per heavy atom. The van der Waals surface area contributed by atoms with Crippen LogP contribution in [0.2, 0.25) is 0 Å². The predicted molar refractivity (Wildman–Crippen MR) is 54.6 cm³/mol. The van der Waals surface area contributed by atoms with Crippen molar-refractivity contribution in [3.63, 3.8) is 0 Å². The molecule has 4 nitrogen and oxygen atoms in total. The summed E-state index contributed by atoms with van der Waals surface area (Å²) in [5.74, 6) is 0.115. The molecule has 4 N–H and O–H groups in total. The first-order valence-electron chi connectivity index (χ1n) is 5.20. The number of hydrogen-bond donors (Lipinski definition) is 3. The molecule has 1 saturated carbocycles. The van der Waals surface area contributed by atoms with Gasteiger partial charge in [0, 0.05) is 0 Å². The van der Waals surface area contributed by atoms with Crippen LogP contribution in [0.15, 0.2) is 0 Å². The van der Waals surface area contributed by atoms with Crippen LogP contribution in [0.1, 0.15) is 33.1 Å². The summed E-state index contributed by atoms with van der Waals surface area (Å²) >= 11 is 0. The molecule has 0 radical (unpaired) electrons. The molecule has 1 fully saturated rings. The van der Waals surface area contributed by atoms with Crippen LogP contribution in [0.4, 0.5) is 0 Å². The number of nitrogens with two attached hydrogens (primary N) is 1. The number of amides is 1. The van der Waals surface area contributed by atoms with Gasteiger partial charge in [0.15, 0.2) is 0 Å². The van der Waals surface area contributed by atoms with Crippen LogP contribution >= 0.6 is 0 Å². The number of aliphatic hydroxyl groups is 1. The molecule has 0 unspecified atom stereocenters. The third kappa shape index (κ3) is 2.25. The Morgan fingerprint density at radius 2 is 2.14 bits per heavy atom. The third-order valence-electron chi connectivity index (χ3n) is 3.02. The van der Waals surface area contributed by atoms with Crippen LogP contribution in [0, 0.1) is 5.92 Å². The predicted octanol–water partition coefficient (Wildman–Crippen LogP) is 0.000900. The van der Waals surface area contributed by atoms with Crippen molar-refractivity contribution >= 4 is 5.91 Å². The number of nitrogens with one attached hydrogen (secondary N) is 1. The monoisotopic (exact) mass is 200 g/mol. The van der Waals surface area contributed by atoms with Gasteiger partial charge >= 0.3 is 0 Å². The Morgan fingerprint density at radius 3 is 2.43 bits per heavy atom. The van der Waals surface area contributed by atoms with Crippen molar-refractivity contribution in [3.8, 4) is 0 Å². The minimum Gasteiger partial charge on any atom is -0.394 e. The zero-order valence-corrected chi connectivity index (χ0v) is 8.92. The van der Waals surface area contributed by atoms with Crippen LogP contribution in [0.25, 0.3) is 0 Å². The molecule has 0 aromatic carbocycles. The van der Waals surface area contributed by atoms with Crippen molar-refractivity contribution in [2.75, 3.05) is 6.61 Å². The van der Waals surface area contributed by atoms with Gasteiger partial charge in [-0.3, -0.25) is 4.79 Å². The van der Waals surface area contributed by atoms with E-state index in [-0.39, 0.29) is 24.5 Å². The molecule has 0 aromatic heterocycles. The smallest absolute Gasteiger partial charge is 0.240 e. The van der Waals surface area contributed by atoms with Crippen LogP contribution in [-0.4, -0.2) is 29.2 Å². The fraction of sp³-hybridized carbons (Fsp3) is 0.900. The molecule has 0 aromatic rings. The van der Waals surface area contributed by atoms with E-state index in [1.165, 1.54) is 0 Å². The summed E-state index contributed by atoms with van der Waals surface area (Å²) in [4.78, 5) is 11.7. The second kappa shape index (κ2) is 4.28. The number of carbonyl (C=O) groups excluding carboxylic acids is 1. The molecule has 0 aliphatic heterocycles. The first-order chi connectivity index (χ1) is 6.49. The van der Waals surface area contributed by atoms with Gasteiger partial charge in [0.05, 0.1) is 18.2 Å². The van der Waals surface area contributed by atoms with Crippen LogP contribution < -0.4 is 11.1 Å². The lowest BCUT2D eigenvalue weighted by atomic mass is 9.77. The molecular weight excluding hydrogens is 180 g/mol. The fourth-order valence-corrected chi connectivity index (χ4v) is 1.52. The number of rotatable bonds is 4. The van der Waals surface area contributed by atoms with E-state index >= 15 is 0 Å². The lowest BCUT2D eigenvalue weighted by molar-refractivity contribution is -0.130. The van der Waals surface area contributed by atoms with E-state index in [1.54, 1.807) is 0 Å². The summed E-state index contributed by atoms with van der Waals surface area (Å²) in [6, 6.07) is -0.177. The molecule has 1 rings (SSSR count). The van der Waals surface area contributed by atoms with Crippen LogP contribution in [0.3, 0.4) is 0 Å². The third-order valence-corrected chi connectivity index (χ3v) is 3.02. The van der Waals surface area contributed by atoms with Gasteiger partial charge in [-0.1, -0.05) is 13.8 Å². The Kier molecular flexibility index (Phi) is 3.50. The van der Waals surface area contributed by atoms with Crippen molar-refractivity contribution < 1.29 is 9.90 Å². The lowest BCUT2D eigenvalue weighted by Crippen LogP contribution is -2.61. The maximum absolute atomic E-state index is 11.7. The molecule has 14 heavy (non-hydrogen) atoms. The molecule has 1 aliphatic carbocycles. The highest BCUT2D eigenvalue weighted by Crippen LogP contribution is 2.29. The fourth-order valence-electron chi connectivity index (χ4n) is 1.52. The van der Waals surface area contributed by atoms with E-state index in [0.29, 0.717) is 0 Å². The summed E-state index contributed by atoms with van der Waals surface area (Å²) < 4.78 is 0. The van der Waals surface area contributed by atoms with Gasteiger partial charge in [-0.2, -0.15) is 0 Å². The van der Waals surface area contributed by atoms with Crippen molar-refractivity contribution in [1.82, 2.24) is 5.32 Å². The highest BCUT2D eigenvalue weighted by Gasteiger charge is 2.40.